The highest BCUT2D eigenvalue weighted by Gasteiger charge is 2.30. The van der Waals surface area contributed by atoms with Gasteiger partial charge in [-0.05, 0) is 17.3 Å². The summed E-state index contributed by atoms with van der Waals surface area (Å²) < 4.78 is 1.51. The summed E-state index contributed by atoms with van der Waals surface area (Å²) in [6.45, 7) is 6.51. The Kier molecular flexibility index (Phi) is 4.70. The van der Waals surface area contributed by atoms with Crippen molar-refractivity contribution in [1.29, 1.82) is 0 Å². The van der Waals surface area contributed by atoms with Crippen molar-refractivity contribution < 1.29 is 9.72 Å². The number of amides is 1. The molecule has 0 bridgehead atoms. The van der Waals surface area contributed by atoms with Crippen LogP contribution in [0.1, 0.15) is 26.7 Å². The highest BCUT2D eigenvalue weighted by molar-refractivity contribution is 7.15. The number of piperazine rings is 1. The van der Waals surface area contributed by atoms with Crippen LogP contribution in [0.3, 0.4) is 0 Å². The van der Waals surface area contributed by atoms with E-state index in [2.05, 4.69) is 18.8 Å². The van der Waals surface area contributed by atoms with Crippen LogP contribution < -0.4 is 4.90 Å². The summed E-state index contributed by atoms with van der Waals surface area (Å²) in [6.07, 6.45) is 3.13. The van der Waals surface area contributed by atoms with Crippen LogP contribution >= 0.6 is 11.3 Å². The molecule has 0 radical (unpaired) electrons. The van der Waals surface area contributed by atoms with E-state index in [9.17, 15) is 14.9 Å². The first-order chi connectivity index (χ1) is 11.5. The third-order valence-corrected chi connectivity index (χ3v) is 5.02. The lowest BCUT2D eigenvalue weighted by atomic mass is 10.1. The summed E-state index contributed by atoms with van der Waals surface area (Å²) >= 11 is 1.37. The van der Waals surface area contributed by atoms with E-state index in [0.717, 1.165) is 6.42 Å². The van der Waals surface area contributed by atoms with Crippen LogP contribution in [-0.2, 0) is 4.79 Å². The summed E-state index contributed by atoms with van der Waals surface area (Å²) in [5.41, 5.74) is 0. The average Bonchev–Trinajstić information content (AvgIpc) is 3.12. The molecule has 1 amide bonds. The van der Waals surface area contributed by atoms with Gasteiger partial charge < -0.3 is 19.9 Å². The molecule has 0 saturated carbocycles. The van der Waals surface area contributed by atoms with Crippen LogP contribution in [0.25, 0.3) is 4.96 Å². The Morgan fingerprint density at radius 3 is 2.71 bits per heavy atom. The molecule has 3 heterocycles. The molecule has 0 atom stereocenters. The van der Waals surface area contributed by atoms with Gasteiger partial charge in [-0.3, -0.25) is 4.79 Å². The lowest BCUT2D eigenvalue weighted by Gasteiger charge is -2.34. The fourth-order valence-corrected chi connectivity index (χ4v) is 3.59. The van der Waals surface area contributed by atoms with Gasteiger partial charge in [0.2, 0.25) is 11.7 Å². The summed E-state index contributed by atoms with van der Waals surface area (Å²) in [5.74, 6) is 1.09. The van der Waals surface area contributed by atoms with E-state index in [0.29, 0.717) is 49.3 Å². The number of anilines is 1. The van der Waals surface area contributed by atoms with Gasteiger partial charge in [0.15, 0.2) is 0 Å². The second-order valence-electron chi connectivity index (χ2n) is 6.37. The van der Waals surface area contributed by atoms with Crippen LogP contribution in [-0.4, -0.2) is 51.3 Å². The maximum absolute atomic E-state index is 12.2. The standard InChI is InChI=1S/C15H21N5O3S/c1-11(2)3-4-12(21)17-5-7-18(8-6-17)13-14(20(22)23)19-9-10-24-15(19)16-13/h9-11H,3-8H2,1-2H3. The Morgan fingerprint density at radius 2 is 2.08 bits per heavy atom. The van der Waals surface area contributed by atoms with Crippen molar-refractivity contribution in [3.05, 3.63) is 21.7 Å². The molecule has 8 nitrogen and oxygen atoms in total. The number of imidazole rings is 1. The van der Waals surface area contributed by atoms with Crippen molar-refractivity contribution in [2.24, 2.45) is 5.92 Å². The first kappa shape index (κ1) is 16.7. The molecule has 2 aromatic heterocycles. The van der Waals surface area contributed by atoms with Crippen LogP contribution in [0.2, 0.25) is 0 Å². The smallest absolute Gasteiger partial charge is 0.358 e. The lowest BCUT2D eigenvalue weighted by Crippen LogP contribution is -2.49. The Morgan fingerprint density at radius 1 is 1.38 bits per heavy atom. The van der Waals surface area contributed by atoms with E-state index in [-0.39, 0.29) is 16.6 Å². The number of fused-ring (bicyclic) bond motifs is 1. The number of nitro groups is 1. The minimum atomic E-state index is -0.387. The van der Waals surface area contributed by atoms with E-state index >= 15 is 0 Å². The molecule has 3 rings (SSSR count). The van der Waals surface area contributed by atoms with Crippen molar-refractivity contribution >= 4 is 33.8 Å². The molecule has 2 aromatic rings. The molecule has 1 aliphatic rings. The van der Waals surface area contributed by atoms with Crippen molar-refractivity contribution in [1.82, 2.24) is 14.3 Å². The highest BCUT2D eigenvalue weighted by atomic mass is 32.1. The van der Waals surface area contributed by atoms with Gasteiger partial charge >= 0.3 is 5.82 Å². The molecule has 130 valence electrons. The second-order valence-corrected chi connectivity index (χ2v) is 7.25. The zero-order valence-electron chi connectivity index (χ0n) is 13.8. The second kappa shape index (κ2) is 6.76. The normalized spacial score (nSPS) is 15.5. The van der Waals surface area contributed by atoms with Gasteiger partial charge in [0.05, 0.1) is 0 Å². The quantitative estimate of drug-likeness (QED) is 0.610. The van der Waals surface area contributed by atoms with Gasteiger partial charge in [-0.25, -0.2) is 0 Å². The monoisotopic (exact) mass is 351 g/mol. The van der Waals surface area contributed by atoms with Gasteiger partial charge in [0, 0.05) is 38.0 Å². The largest absolute Gasteiger partial charge is 0.373 e. The number of rotatable bonds is 5. The van der Waals surface area contributed by atoms with Crippen LogP contribution in [0.15, 0.2) is 11.6 Å². The van der Waals surface area contributed by atoms with Gasteiger partial charge in [-0.1, -0.05) is 25.2 Å². The number of thiazole rings is 1. The summed E-state index contributed by atoms with van der Waals surface area (Å²) in [4.78, 5) is 32.0. The lowest BCUT2D eigenvalue weighted by molar-refractivity contribution is -0.389. The van der Waals surface area contributed by atoms with E-state index in [1.807, 2.05) is 9.80 Å². The van der Waals surface area contributed by atoms with Gasteiger partial charge in [0.25, 0.3) is 4.96 Å². The molecule has 1 fully saturated rings. The minimum Gasteiger partial charge on any atom is -0.358 e. The first-order valence-electron chi connectivity index (χ1n) is 8.10. The molecule has 0 unspecified atom stereocenters. The zero-order chi connectivity index (χ0) is 17.3. The van der Waals surface area contributed by atoms with E-state index < -0.39 is 0 Å². The van der Waals surface area contributed by atoms with Gasteiger partial charge in [0.1, 0.15) is 6.20 Å². The minimum absolute atomic E-state index is 0.00540. The number of nitrogens with zero attached hydrogens (tertiary/aromatic N) is 5. The maximum Gasteiger partial charge on any atom is 0.373 e. The Hall–Kier alpha value is -2.16. The SMILES string of the molecule is CC(C)CCC(=O)N1CCN(c2nc3sccn3c2[N+](=O)[O-])CC1. The molecule has 9 heteroatoms. The number of carbonyl (C=O) groups is 1. The fourth-order valence-electron chi connectivity index (χ4n) is 2.88. The Bertz CT molecular complexity index is 745. The van der Waals surface area contributed by atoms with E-state index in [1.165, 1.54) is 15.7 Å². The van der Waals surface area contributed by atoms with Gasteiger partial charge in [-0.15, -0.1) is 0 Å². The fraction of sp³-hybridized carbons (Fsp3) is 0.600. The summed E-state index contributed by atoms with van der Waals surface area (Å²) in [5, 5.41) is 13.2. The predicted octanol–water partition coefficient (Wildman–Crippen LogP) is 2.39. The van der Waals surface area contributed by atoms with Crippen molar-refractivity contribution in [2.45, 2.75) is 26.7 Å². The number of hydrogen-bond acceptors (Lipinski definition) is 6. The molecule has 0 aromatic carbocycles. The molecular weight excluding hydrogens is 330 g/mol. The maximum atomic E-state index is 12.2. The Labute approximate surface area is 143 Å². The summed E-state index contributed by atoms with van der Waals surface area (Å²) in [7, 11) is 0. The van der Waals surface area contributed by atoms with Crippen molar-refractivity contribution in [3.63, 3.8) is 0 Å². The third kappa shape index (κ3) is 3.21. The summed E-state index contributed by atoms with van der Waals surface area (Å²) in [6, 6.07) is 0. The average molecular weight is 351 g/mol. The van der Waals surface area contributed by atoms with E-state index in [4.69, 9.17) is 0 Å². The van der Waals surface area contributed by atoms with Crippen LogP contribution in [0, 0.1) is 16.0 Å². The zero-order valence-corrected chi connectivity index (χ0v) is 14.7. The first-order valence-corrected chi connectivity index (χ1v) is 8.98. The molecule has 0 aliphatic carbocycles. The molecule has 0 spiro atoms. The van der Waals surface area contributed by atoms with Crippen molar-refractivity contribution in [3.8, 4) is 0 Å². The molecule has 1 aliphatic heterocycles. The molecule has 24 heavy (non-hydrogen) atoms. The number of carbonyl (C=O) groups excluding carboxylic acids is 1. The molecular formula is C15H21N5O3S. The highest BCUT2D eigenvalue weighted by Crippen LogP contribution is 2.31. The molecule has 0 N–H and O–H groups in total. The van der Waals surface area contributed by atoms with Crippen molar-refractivity contribution in [2.75, 3.05) is 31.1 Å². The van der Waals surface area contributed by atoms with Gasteiger partial charge in [-0.2, -0.15) is 9.38 Å². The third-order valence-electron chi connectivity index (χ3n) is 4.26. The number of aromatic nitrogens is 2. The molecule has 1 saturated heterocycles. The predicted molar refractivity (Wildman–Crippen MR) is 92.6 cm³/mol. The Balaban J connectivity index is 1.69. The van der Waals surface area contributed by atoms with Crippen LogP contribution in [0.4, 0.5) is 11.6 Å². The van der Waals surface area contributed by atoms with E-state index in [1.54, 1.807) is 11.6 Å². The number of hydrogen-bond donors (Lipinski definition) is 0. The van der Waals surface area contributed by atoms with Crippen LogP contribution in [0.5, 0.6) is 0 Å². The topological polar surface area (TPSA) is 84.0 Å².